The zero-order valence-electron chi connectivity index (χ0n) is 10.4. The normalized spacial score (nSPS) is 12.0. The van der Waals surface area contributed by atoms with Crippen LogP contribution in [0, 0.1) is 0 Å². The number of unbranched alkanes of at least 4 members (excludes halogenated alkanes) is 3. The lowest BCUT2D eigenvalue weighted by molar-refractivity contribution is 0.415. The quantitative estimate of drug-likeness (QED) is 0.588. The summed E-state index contributed by atoms with van der Waals surface area (Å²) in [5.74, 6) is 0. The fourth-order valence-corrected chi connectivity index (χ4v) is 1.37. The second-order valence-electron chi connectivity index (χ2n) is 4.94. The van der Waals surface area contributed by atoms with Gasteiger partial charge in [0.2, 0.25) is 0 Å². The van der Waals surface area contributed by atoms with Crippen LogP contribution in [-0.2, 0) is 0 Å². The molecule has 0 aliphatic rings. The molecule has 0 bridgehead atoms. The highest BCUT2D eigenvalue weighted by molar-refractivity contribution is 4.69. The van der Waals surface area contributed by atoms with Crippen LogP contribution in [0.15, 0.2) is 0 Å². The van der Waals surface area contributed by atoms with Gasteiger partial charge in [0.25, 0.3) is 0 Å². The van der Waals surface area contributed by atoms with Gasteiger partial charge in [-0.3, -0.25) is 0 Å². The van der Waals surface area contributed by atoms with E-state index in [2.05, 4.69) is 38.3 Å². The SMILES string of the molecule is CCNCCCCCCNC(C)(C)C. The first-order chi connectivity index (χ1) is 6.56. The van der Waals surface area contributed by atoms with E-state index in [1.165, 1.54) is 32.2 Å². The molecule has 0 radical (unpaired) electrons. The van der Waals surface area contributed by atoms with Crippen molar-refractivity contribution < 1.29 is 0 Å². The van der Waals surface area contributed by atoms with Crippen molar-refractivity contribution >= 4 is 0 Å². The predicted octanol–water partition coefficient (Wildman–Crippen LogP) is 2.54. The summed E-state index contributed by atoms with van der Waals surface area (Å²) in [6, 6.07) is 0. The summed E-state index contributed by atoms with van der Waals surface area (Å²) < 4.78 is 0. The highest BCUT2D eigenvalue weighted by Gasteiger charge is 2.06. The third kappa shape index (κ3) is 11.9. The number of rotatable bonds is 8. The van der Waals surface area contributed by atoms with Gasteiger partial charge in [0.15, 0.2) is 0 Å². The van der Waals surface area contributed by atoms with Gasteiger partial charge >= 0.3 is 0 Å². The molecule has 86 valence electrons. The predicted molar refractivity (Wildman–Crippen MR) is 64.8 cm³/mol. The van der Waals surface area contributed by atoms with E-state index < -0.39 is 0 Å². The van der Waals surface area contributed by atoms with Crippen molar-refractivity contribution in [2.24, 2.45) is 0 Å². The van der Waals surface area contributed by atoms with Crippen LogP contribution >= 0.6 is 0 Å². The first kappa shape index (κ1) is 13.9. The van der Waals surface area contributed by atoms with Crippen molar-refractivity contribution in [1.29, 1.82) is 0 Å². The van der Waals surface area contributed by atoms with Gasteiger partial charge in [-0.1, -0.05) is 19.8 Å². The summed E-state index contributed by atoms with van der Waals surface area (Å²) in [5.41, 5.74) is 0.282. The molecule has 0 aliphatic heterocycles. The Labute approximate surface area is 89.9 Å². The summed E-state index contributed by atoms with van der Waals surface area (Å²) in [5, 5.41) is 6.86. The molecule has 0 aromatic carbocycles. The Kier molecular flexibility index (Phi) is 8.20. The maximum absolute atomic E-state index is 3.51. The van der Waals surface area contributed by atoms with Crippen molar-refractivity contribution in [2.75, 3.05) is 19.6 Å². The molecule has 0 amide bonds. The molecule has 0 aromatic heterocycles. The van der Waals surface area contributed by atoms with Crippen LogP contribution in [0.2, 0.25) is 0 Å². The van der Waals surface area contributed by atoms with Crippen LogP contribution in [0.4, 0.5) is 0 Å². The van der Waals surface area contributed by atoms with E-state index >= 15 is 0 Å². The number of nitrogens with one attached hydrogen (secondary N) is 2. The minimum Gasteiger partial charge on any atom is -0.317 e. The molecule has 0 rings (SSSR count). The second-order valence-corrected chi connectivity index (χ2v) is 4.94. The fourth-order valence-electron chi connectivity index (χ4n) is 1.37. The molecular formula is C12H28N2. The Morgan fingerprint density at radius 2 is 1.43 bits per heavy atom. The summed E-state index contributed by atoms with van der Waals surface area (Å²) in [7, 11) is 0. The van der Waals surface area contributed by atoms with Crippen LogP contribution in [0.3, 0.4) is 0 Å². The molecule has 0 atom stereocenters. The van der Waals surface area contributed by atoms with Crippen molar-refractivity contribution in [2.45, 2.75) is 58.9 Å². The first-order valence-corrected chi connectivity index (χ1v) is 6.02. The smallest absolute Gasteiger partial charge is 0.00965 e. The minimum atomic E-state index is 0.282. The molecule has 0 aromatic rings. The van der Waals surface area contributed by atoms with Gasteiger partial charge in [-0.25, -0.2) is 0 Å². The molecule has 0 heterocycles. The third-order valence-corrected chi connectivity index (χ3v) is 2.19. The summed E-state index contributed by atoms with van der Waals surface area (Å²) in [6.07, 6.45) is 5.35. The monoisotopic (exact) mass is 200 g/mol. The van der Waals surface area contributed by atoms with Gasteiger partial charge in [0.05, 0.1) is 0 Å². The molecule has 0 unspecified atom stereocenters. The molecule has 14 heavy (non-hydrogen) atoms. The maximum atomic E-state index is 3.51. The molecule has 2 heteroatoms. The van der Waals surface area contributed by atoms with E-state index in [-0.39, 0.29) is 5.54 Å². The van der Waals surface area contributed by atoms with Gasteiger partial charge < -0.3 is 10.6 Å². The van der Waals surface area contributed by atoms with Crippen molar-refractivity contribution in [3.05, 3.63) is 0 Å². The molecule has 2 N–H and O–H groups in total. The fraction of sp³-hybridized carbons (Fsp3) is 1.00. The highest BCUT2D eigenvalue weighted by atomic mass is 14.9. The largest absolute Gasteiger partial charge is 0.317 e. The molecule has 0 saturated carbocycles. The summed E-state index contributed by atoms with van der Waals surface area (Å²) >= 11 is 0. The van der Waals surface area contributed by atoms with Crippen molar-refractivity contribution in [3.8, 4) is 0 Å². The lowest BCUT2D eigenvalue weighted by Gasteiger charge is -2.20. The Morgan fingerprint density at radius 3 is 1.93 bits per heavy atom. The van der Waals surface area contributed by atoms with Crippen LogP contribution < -0.4 is 10.6 Å². The molecule has 0 aliphatic carbocycles. The standard InChI is InChI=1S/C12H28N2/c1-5-13-10-8-6-7-9-11-14-12(2,3)4/h13-14H,5-11H2,1-4H3. The maximum Gasteiger partial charge on any atom is 0.00965 e. The first-order valence-electron chi connectivity index (χ1n) is 6.02. The highest BCUT2D eigenvalue weighted by Crippen LogP contribution is 2.01. The zero-order chi connectivity index (χ0) is 10.9. The molecule has 2 nitrogen and oxygen atoms in total. The van der Waals surface area contributed by atoms with E-state index in [4.69, 9.17) is 0 Å². The molecule has 0 spiro atoms. The van der Waals surface area contributed by atoms with Crippen LogP contribution in [-0.4, -0.2) is 25.2 Å². The number of hydrogen-bond donors (Lipinski definition) is 2. The van der Waals surface area contributed by atoms with Crippen LogP contribution in [0.1, 0.15) is 53.4 Å². The van der Waals surface area contributed by atoms with Crippen LogP contribution in [0.5, 0.6) is 0 Å². The Morgan fingerprint density at radius 1 is 0.857 bits per heavy atom. The van der Waals surface area contributed by atoms with Gasteiger partial charge in [0.1, 0.15) is 0 Å². The van der Waals surface area contributed by atoms with Gasteiger partial charge in [-0.15, -0.1) is 0 Å². The molecule has 0 saturated heterocycles. The molecule has 0 fully saturated rings. The minimum absolute atomic E-state index is 0.282. The Bertz CT molecular complexity index is 116. The van der Waals surface area contributed by atoms with E-state index in [0.29, 0.717) is 0 Å². The summed E-state index contributed by atoms with van der Waals surface area (Å²) in [6.45, 7) is 12.3. The topological polar surface area (TPSA) is 24.1 Å². The van der Waals surface area contributed by atoms with E-state index in [0.717, 1.165) is 13.1 Å². The lowest BCUT2D eigenvalue weighted by atomic mass is 10.1. The Balaban J connectivity index is 2.99. The van der Waals surface area contributed by atoms with Crippen molar-refractivity contribution in [1.82, 2.24) is 10.6 Å². The van der Waals surface area contributed by atoms with E-state index in [1.54, 1.807) is 0 Å². The van der Waals surface area contributed by atoms with Gasteiger partial charge in [0, 0.05) is 5.54 Å². The van der Waals surface area contributed by atoms with E-state index in [1.807, 2.05) is 0 Å². The lowest BCUT2D eigenvalue weighted by Crippen LogP contribution is -2.36. The summed E-state index contributed by atoms with van der Waals surface area (Å²) in [4.78, 5) is 0. The molecular weight excluding hydrogens is 172 g/mol. The third-order valence-electron chi connectivity index (χ3n) is 2.19. The number of hydrogen-bond acceptors (Lipinski definition) is 2. The van der Waals surface area contributed by atoms with Gasteiger partial charge in [-0.2, -0.15) is 0 Å². The van der Waals surface area contributed by atoms with Gasteiger partial charge in [-0.05, 0) is 53.2 Å². The average Bonchev–Trinajstić information content (AvgIpc) is 2.08. The zero-order valence-corrected chi connectivity index (χ0v) is 10.4. The second kappa shape index (κ2) is 8.25. The van der Waals surface area contributed by atoms with Crippen LogP contribution in [0.25, 0.3) is 0 Å². The Hall–Kier alpha value is -0.0800. The average molecular weight is 200 g/mol. The van der Waals surface area contributed by atoms with Crippen molar-refractivity contribution in [3.63, 3.8) is 0 Å². The van der Waals surface area contributed by atoms with E-state index in [9.17, 15) is 0 Å².